The molecule has 0 unspecified atom stereocenters. The maximum Gasteiger partial charge on any atom is 0.119 e. The molecule has 0 radical (unpaired) electrons. The molecule has 0 atom stereocenters. The summed E-state index contributed by atoms with van der Waals surface area (Å²) in [5.74, 6) is 0.555. The van der Waals surface area contributed by atoms with E-state index in [9.17, 15) is 0 Å². The predicted octanol–water partition coefficient (Wildman–Crippen LogP) is 3.61. The first-order valence-electron chi connectivity index (χ1n) is 3.33. The van der Waals surface area contributed by atoms with E-state index in [0.717, 1.165) is 5.56 Å². The van der Waals surface area contributed by atoms with Gasteiger partial charge in [0.1, 0.15) is 5.76 Å². The molecule has 0 saturated heterocycles. The van der Waals surface area contributed by atoms with E-state index >= 15 is 0 Å². The fraction of sp³-hybridized carbons (Fsp3) is 0.111. The molecule has 1 aromatic rings. The molecule has 0 aliphatic rings. The van der Waals surface area contributed by atoms with E-state index in [1.54, 1.807) is 25.3 Å². The lowest BCUT2D eigenvalue weighted by atomic mass is 10.2. The molecule has 0 amide bonds. The molecule has 3 heteroatoms. The van der Waals surface area contributed by atoms with Gasteiger partial charge in [0.15, 0.2) is 0 Å². The quantitative estimate of drug-likeness (QED) is 0.667. The number of rotatable bonds is 2. The molecule has 0 fully saturated rings. The lowest BCUT2D eigenvalue weighted by Gasteiger charge is -2.04. The van der Waals surface area contributed by atoms with Crippen molar-refractivity contribution in [1.82, 2.24) is 0 Å². The Balaban J connectivity index is 3.08. The molecule has 1 rings (SSSR count). The van der Waals surface area contributed by atoms with Crippen LogP contribution in [0.4, 0.5) is 0 Å². The second-order valence-corrected chi connectivity index (χ2v) is 3.16. The topological polar surface area (TPSA) is 9.23 Å². The Bertz CT molecular complexity index is 287. The average molecular weight is 203 g/mol. The highest BCUT2D eigenvalue weighted by molar-refractivity contribution is 6.34. The molecular weight excluding hydrogens is 195 g/mol. The van der Waals surface area contributed by atoms with Crippen LogP contribution in [0.3, 0.4) is 0 Å². The average Bonchev–Trinajstić information content (AvgIpc) is 2.01. The third kappa shape index (κ3) is 2.16. The smallest absolute Gasteiger partial charge is 0.119 e. The standard InChI is InChI=1S/C9H8Cl2O/c1-6(12-2)7-3-8(10)5-9(11)4-7/h3-5H,1H2,2H3. The van der Waals surface area contributed by atoms with Gasteiger partial charge in [-0.1, -0.05) is 29.8 Å². The van der Waals surface area contributed by atoms with E-state index in [4.69, 9.17) is 27.9 Å². The Kier molecular flexibility index (Phi) is 3.01. The van der Waals surface area contributed by atoms with Crippen LogP contribution in [-0.4, -0.2) is 7.11 Å². The molecular formula is C9H8Cl2O. The van der Waals surface area contributed by atoms with Crippen molar-refractivity contribution in [2.45, 2.75) is 0 Å². The van der Waals surface area contributed by atoms with Crippen LogP contribution in [0, 0.1) is 0 Å². The molecule has 0 saturated carbocycles. The van der Waals surface area contributed by atoms with Crippen LogP contribution in [-0.2, 0) is 4.74 Å². The zero-order valence-corrected chi connectivity index (χ0v) is 8.12. The normalized spacial score (nSPS) is 9.58. The zero-order chi connectivity index (χ0) is 9.14. The lowest BCUT2D eigenvalue weighted by Crippen LogP contribution is -1.84. The van der Waals surface area contributed by atoms with Crippen molar-refractivity contribution in [3.63, 3.8) is 0 Å². The molecule has 1 aromatic carbocycles. The Morgan fingerprint density at radius 2 is 1.75 bits per heavy atom. The van der Waals surface area contributed by atoms with Gasteiger partial charge in [0.25, 0.3) is 0 Å². The van der Waals surface area contributed by atoms with Crippen LogP contribution in [0.1, 0.15) is 5.56 Å². The number of halogens is 2. The molecule has 64 valence electrons. The largest absolute Gasteiger partial charge is 0.497 e. The van der Waals surface area contributed by atoms with E-state index in [-0.39, 0.29) is 0 Å². The first kappa shape index (κ1) is 9.43. The van der Waals surface area contributed by atoms with E-state index in [1.807, 2.05) is 0 Å². The summed E-state index contributed by atoms with van der Waals surface area (Å²) in [6.45, 7) is 3.69. The minimum absolute atomic E-state index is 0.555. The number of methoxy groups -OCH3 is 1. The molecule has 0 aliphatic carbocycles. The maximum atomic E-state index is 5.77. The van der Waals surface area contributed by atoms with Crippen LogP contribution in [0.5, 0.6) is 0 Å². The SMILES string of the molecule is C=C(OC)c1cc(Cl)cc(Cl)c1. The predicted molar refractivity (Wildman–Crippen MR) is 52.5 cm³/mol. The maximum absolute atomic E-state index is 5.77. The van der Waals surface area contributed by atoms with Gasteiger partial charge in [0.05, 0.1) is 7.11 Å². The summed E-state index contributed by atoms with van der Waals surface area (Å²) in [6.07, 6.45) is 0. The first-order chi connectivity index (χ1) is 5.63. The van der Waals surface area contributed by atoms with Gasteiger partial charge in [-0.2, -0.15) is 0 Å². The number of hydrogen-bond acceptors (Lipinski definition) is 1. The Morgan fingerprint density at radius 1 is 1.25 bits per heavy atom. The minimum atomic E-state index is 0.555. The molecule has 0 aliphatic heterocycles. The molecule has 0 aromatic heterocycles. The third-order valence-electron chi connectivity index (χ3n) is 1.43. The van der Waals surface area contributed by atoms with E-state index in [0.29, 0.717) is 15.8 Å². The van der Waals surface area contributed by atoms with Crippen LogP contribution in [0.15, 0.2) is 24.8 Å². The van der Waals surface area contributed by atoms with Crippen LogP contribution >= 0.6 is 23.2 Å². The summed E-state index contributed by atoms with van der Waals surface area (Å²) in [5.41, 5.74) is 0.801. The van der Waals surface area contributed by atoms with Crippen LogP contribution in [0.25, 0.3) is 5.76 Å². The highest BCUT2D eigenvalue weighted by atomic mass is 35.5. The Morgan fingerprint density at radius 3 is 2.17 bits per heavy atom. The highest BCUT2D eigenvalue weighted by Crippen LogP contribution is 2.23. The van der Waals surface area contributed by atoms with Crippen LogP contribution < -0.4 is 0 Å². The summed E-state index contributed by atoms with van der Waals surface area (Å²) in [5, 5.41) is 1.16. The molecule has 0 bridgehead atoms. The minimum Gasteiger partial charge on any atom is -0.497 e. The summed E-state index contributed by atoms with van der Waals surface area (Å²) < 4.78 is 4.93. The van der Waals surface area contributed by atoms with Crippen molar-refractivity contribution < 1.29 is 4.74 Å². The van der Waals surface area contributed by atoms with Gasteiger partial charge in [-0.25, -0.2) is 0 Å². The number of hydrogen-bond donors (Lipinski definition) is 0. The van der Waals surface area contributed by atoms with Crippen molar-refractivity contribution in [2.24, 2.45) is 0 Å². The summed E-state index contributed by atoms with van der Waals surface area (Å²) in [4.78, 5) is 0. The third-order valence-corrected chi connectivity index (χ3v) is 1.87. The van der Waals surface area contributed by atoms with Crippen molar-refractivity contribution in [2.75, 3.05) is 7.11 Å². The van der Waals surface area contributed by atoms with Crippen molar-refractivity contribution in [3.8, 4) is 0 Å². The van der Waals surface area contributed by atoms with Crippen molar-refractivity contribution in [3.05, 3.63) is 40.4 Å². The molecule has 0 heterocycles. The van der Waals surface area contributed by atoms with Gasteiger partial charge in [-0.3, -0.25) is 0 Å². The first-order valence-corrected chi connectivity index (χ1v) is 4.08. The van der Waals surface area contributed by atoms with Gasteiger partial charge in [0.2, 0.25) is 0 Å². The highest BCUT2D eigenvalue weighted by Gasteiger charge is 2.01. The number of ether oxygens (including phenoxy) is 1. The second kappa shape index (κ2) is 3.83. The van der Waals surface area contributed by atoms with E-state index in [2.05, 4.69) is 6.58 Å². The van der Waals surface area contributed by atoms with E-state index in [1.165, 1.54) is 0 Å². The summed E-state index contributed by atoms with van der Waals surface area (Å²) in [7, 11) is 1.55. The molecule has 0 spiro atoms. The molecule has 12 heavy (non-hydrogen) atoms. The van der Waals surface area contributed by atoms with Gasteiger partial charge in [-0.05, 0) is 18.2 Å². The second-order valence-electron chi connectivity index (χ2n) is 2.29. The lowest BCUT2D eigenvalue weighted by molar-refractivity contribution is 0.371. The monoisotopic (exact) mass is 202 g/mol. The van der Waals surface area contributed by atoms with Crippen LogP contribution in [0.2, 0.25) is 10.0 Å². The van der Waals surface area contributed by atoms with Gasteiger partial charge in [0, 0.05) is 15.6 Å². The van der Waals surface area contributed by atoms with Crippen molar-refractivity contribution >= 4 is 29.0 Å². The Labute approximate surface area is 81.6 Å². The van der Waals surface area contributed by atoms with Gasteiger partial charge in [-0.15, -0.1) is 0 Å². The summed E-state index contributed by atoms with van der Waals surface area (Å²) in [6, 6.07) is 5.16. The number of benzene rings is 1. The fourth-order valence-electron chi connectivity index (χ4n) is 0.833. The molecule has 0 N–H and O–H groups in total. The van der Waals surface area contributed by atoms with Gasteiger partial charge >= 0.3 is 0 Å². The Hall–Kier alpha value is -0.660. The molecule has 1 nitrogen and oxygen atoms in total. The van der Waals surface area contributed by atoms with E-state index < -0.39 is 0 Å². The fourth-order valence-corrected chi connectivity index (χ4v) is 1.36. The van der Waals surface area contributed by atoms with Crippen molar-refractivity contribution in [1.29, 1.82) is 0 Å². The zero-order valence-electron chi connectivity index (χ0n) is 6.60. The van der Waals surface area contributed by atoms with Gasteiger partial charge < -0.3 is 4.74 Å². The summed E-state index contributed by atoms with van der Waals surface area (Å²) >= 11 is 11.5.